The van der Waals surface area contributed by atoms with Gasteiger partial charge in [0.2, 0.25) is 0 Å². The van der Waals surface area contributed by atoms with Gasteiger partial charge in [0.15, 0.2) is 0 Å². The molecule has 2 saturated heterocycles. The van der Waals surface area contributed by atoms with Crippen LogP contribution in [0.1, 0.15) is 74.4 Å². The highest BCUT2D eigenvalue weighted by molar-refractivity contribution is 7.14. The van der Waals surface area contributed by atoms with E-state index < -0.39 is 5.97 Å². The molecule has 54 heavy (non-hydrogen) atoms. The molecule has 0 amide bonds. The molecule has 0 aromatic carbocycles. The van der Waals surface area contributed by atoms with Crippen LogP contribution in [0, 0.1) is 39.5 Å². The van der Waals surface area contributed by atoms with Crippen molar-refractivity contribution in [2.75, 3.05) is 59.1 Å². The molecule has 4 aromatic rings. The second kappa shape index (κ2) is 21.2. The number of nitrogens with zero attached hydrogens (tertiary/aromatic N) is 2. The van der Waals surface area contributed by atoms with Crippen LogP contribution in [0.3, 0.4) is 0 Å². The van der Waals surface area contributed by atoms with Crippen LogP contribution in [0.2, 0.25) is 0 Å². The van der Waals surface area contributed by atoms with Crippen molar-refractivity contribution in [3.8, 4) is 0 Å². The Labute approximate surface area is 336 Å². The number of ether oxygens (including phenoxy) is 3. The average molecular weight is 811 g/mol. The van der Waals surface area contributed by atoms with E-state index in [0.29, 0.717) is 26.4 Å². The van der Waals surface area contributed by atoms with Crippen molar-refractivity contribution in [1.82, 2.24) is 9.80 Å². The fraction of sp³-hybridized carbons (Fsp3) is 0.476. The van der Waals surface area contributed by atoms with Crippen molar-refractivity contribution in [1.29, 1.82) is 0 Å². The molecule has 2 fully saturated rings. The van der Waals surface area contributed by atoms with E-state index in [4.69, 9.17) is 14.2 Å². The first-order chi connectivity index (χ1) is 26.2. The topological polar surface area (TPSA) is 88.5 Å². The summed E-state index contributed by atoms with van der Waals surface area (Å²) in [5, 5.41) is 17.7. The quantitative estimate of drug-likeness (QED) is 0.0722. The lowest BCUT2D eigenvalue weighted by atomic mass is 9.98. The number of piperidine rings is 2. The van der Waals surface area contributed by atoms with E-state index in [1.807, 2.05) is 19.4 Å². The molecular formula is C42H54N2O6S4. The van der Waals surface area contributed by atoms with Crippen molar-refractivity contribution in [2.24, 2.45) is 11.8 Å². The minimum absolute atomic E-state index is 0.00217. The molecule has 2 aliphatic heterocycles. The van der Waals surface area contributed by atoms with Crippen LogP contribution in [0.5, 0.6) is 0 Å². The van der Waals surface area contributed by atoms with Crippen molar-refractivity contribution in [3.05, 3.63) is 100 Å². The van der Waals surface area contributed by atoms with Crippen LogP contribution < -0.4 is 0 Å². The molecule has 4 aromatic heterocycles. The van der Waals surface area contributed by atoms with Crippen molar-refractivity contribution >= 4 is 68.4 Å². The number of aryl methyl sites for hydroxylation is 4. The molecule has 12 heteroatoms. The van der Waals surface area contributed by atoms with Crippen molar-refractivity contribution < 1.29 is 28.9 Å². The van der Waals surface area contributed by atoms with Gasteiger partial charge < -0.3 is 19.3 Å². The third-order valence-electron chi connectivity index (χ3n) is 9.86. The Morgan fingerprint density at radius 2 is 1.07 bits per heavy atom. The molecule has 0 saturated carbocycles. The molecule has 2 aliphatic rings. The molecule has 0 spiro atoms. The zero-order valence-electron chi connectivity index (χ0n) is 32.1. The maximum atomic E-state index is 12.0. The van der Waals surface area contributed by atoms with Gasteiger partial charge in [0.1, 0.15) is 13.2 Å². The number of carboxylic acids is 1. The van der Waals surface area contributed by atoms with Crippen LogP contribution in [0.4, 0.5) is 0 Å². The minimum Gasteiger partial charge on any atom is -0.499 e. The summed E-state index contributed by atoms with van der Waals surface area (Å²) in [5.74, 6) is -0.976. The second-order valence-electron chi connectivity index (χ2n) is 13.9. The normalized spacial score (nSPS) is 17.6. The highest BCUT2D eigenvalue weighted by atomic mass is 32.1. The first-order valence-corrected chi connectivity index (χ1v) is 22.3. The van der Waals surface area contributed by atoms with Gasteiger partial charge >= 0.3 is 11.9 Å². The Bertz CT molecular complexity index is 1770. The standard InChI is InChI=1S/C22H29NO3S2.C20H25NO3S2/c1-4-26-22(24)18-6-5-9-23(14-18)10-11-25-15-19(20-16(2)7-12-27-20)21-17(3)8-13-28-21;1-14-5-10-25-18(14)17(19-15(2)6-11-26-19)13-24-9-8-21-7-3-4-16(12-21)20(22)23/h7-8,12-13,15,18H,4-6,9-11,14H2,1-3H3;5-6,10-11,13,16H,3-4,7-9,12H2,1-2H3,(H,22,23)/t18-;16-/m11/s1. The van der Waals surface area contributed by atoms with Crippen LogP contribution in [0.15, 0.2) is 58.3 Å². The van der Waals surface area contributed by atoms with E-state index in [2.05, 4.69) is 83.3 Å². The number of esters is 1. The fourth-order valence-electron chi connectivity index (χ4n) is 6.83. The number of thiophene rings is 4. The summed E-state index contributed by atoms with van der Waals surface area (Å²) in [7, 11) is 0. The van der Waals surface area contributed by atoms with Crippen molar-refractivity contribution in [2.45, 2.75) is 60.3 Å². The molecule has 2 atom stereocenters. The van der Waals surface area contributed by atoms with E-state index in [-0.39, 0.29) is 17.8 Å². The minimum atomic E-state index is -0.681. The largest absolute Gasteiger partial charge is 0.499 e. The summed E-state index contributed by atoms with van der Waals surface area (Å²) >= 11 is 6.98. The van der Waals surface area contributed by atoms with Crippen molar-refractivity contribution in [3.63, 3.8) is 0 Å². The number of hydrogen-bond acceptors (Lipinski definition) is 11. The zero-order chi connectivity index (χ0) is 38.5. The zero-order valence-corrected chi connectivity index (χ0v) is 35.4. The van der Waals surface area contributed by atoms with Crippen LogP contribution >= 0.6 is 45.3 Å². The highest BCUT2D eigenvalue weighted by Gasteiger charge is 2.27. The van der Waals surface area contributed by atoms with Gasteiger partial charge in [0.25, 0.3) is 0 Å². The van der Waals surface area contributed by atoms with E-state index >= 15 is 0 Å². The number of aliphatic carboxylic acids is 1. The smallest absolute Gasteiger partial charge is 0.310 e. The highest BCUT2D eigenvalue weighted by Crippen LogP contribution is 2.36. The summed E-state index contributed by atoms with van der Waals surface area (Å²) in [6.07, 6.45) is 7.50. The lowest BCUT2D eigenvalue weighted by Gasteiger charge is -2.31. The Morgan fingerprint density at radius 1 is 0.685 bits per heavy atom. The molecule has 6 heterocycles. The molecule has 292 valence electrons. The first-order valence-electron chi connectivity index (χ1n) is 18.8. The predicted octanol–water partition coefficient (Wildman–Crippen LogP) is 9.74. The number of likely N-dealkylation sites (tertiary alicyclic amines) is 2. The molecular weight excluding hydrogens is 757 g/mol. The summed E-state index contributed by atoms with van der Waals surface area (Å²) in [6.45, 7) is 17.0. The van der Waals surface area contributed by atoms with E-state index in [1.165, 1.54) is 47.3 Å². The Balaban J connectivity index is 0.000000208. The van der Waals surface area contributed by atoms with E-state index in [0.717, 1.165) is 64.0 Å². The molecule has 6 rings (SSSR count). The summed E-state index contributed by atoms with van der Waals surface area (Å²) < 4.78 is 17.1. The lowest BCUT2D eigenvalue weighted by Crippen LogP contribution is -2.40. The van der Waals surface area contributed by atoms with Gasteiger partial charge in [-0.3, -0.25) is 19.4 Å². The lowest BCUT2D eigenvalue weighted by molar-refractivity contribution is -0.150. The number of carboxylic acid groups (broad SMARTS) is 1. The number of carbonyl (C=O) groups excluding carboxylic acids is 1. The number of carbonyl (C=O) groups is 2. The van der Waals surface area contributed by atoms with Gasteiger partial charge in [0.05, 0.1) is 31.0 Å². The van der Waals surface area contributed by atoms with Gasteiger partial charge in [-0.2, -0.15) is 0 Å². The van der Waals surface area contributed by atoms with Crippen LogP contribution in [-0.2, 0) is 23.8 Å². The maximum Gasteiger partial charge on any atom is 0.310 e. The van der Waals surface area contributed by atoms with Crippen LogP contribution in [-0.4, -0.2) is 85.9 Å². The molecule has 0 radical (unpaired) electrons. The van der Waals surface area contributed by atoms with E-state index in [9.17, 15) is 14.7 Å². The summed E-state index contributed by atoms with van der Waals surface area (Å²) in [6, 6.07) is 8.58. The fourth-order valence-corrected chi connectivity index (χ4v) is 10.7. The van der Waals surface area contributed by atoms with Crippen LogP contribution in [0.25, 0.3) is 11.1 Å². The third-order valence-corrected chi connectivity index (χ3v) is 14.1. The Morgan fingerprint density at radius 3 is 1.43 bits per heavy atom. The van der Waals surface area contributed by atoms with E-state index in [1.54, 1.807) is 45.3 Å². The van der Waals surface area contributed by atoms with Gasteiger partial charge in [-0.25, -0.2) is 0 Å². The number of hydrogen-bond donors (Lipinski definition) is 1. The average Bonchev–Trinajstić information content (AvgIpc) is 3.99. The molecule has 0 aliphatic carbocycles. The Hall–Kier alpha value is -3.26. The van der Waals surface area contributed by atoms with Gasteiger partial charge in [0, 0.05) is 56.8 Å². The molecule has 0 bridgehead atoms. The SMILES string of the molecule is CCOC(=O)[C@@H]1CCCN(CCOC=C(c2sccc2C)c2sccc2C)C1.Cc1ccsc1C(=COCCN1CCC[C@@H](C(=O)O)C1)c1sccc1C. The summed E-state index contributed by atoms with van der Waals surface area (Å²) in [5.41, 5.74) is 7.40. The maximum absolute atomic E-state index is 12.0. The molecule has 8 nitrogen and oxygen atoms in total. The van der Waals surface area contributed by atoms with Gasteiger partial charge in [-0.15, -0.1) is 45.3 Å². The number of rotatable bonds is 15. The molecule has 0 unspecified atom stereocenters. The summed E-state index contributed by atoms with van der Waals surface area (Å²) in [4.78, 5) is 32.7. The first kappa shape index (κ1) is 41.9. The third kappa shape index (κ3) is 11.6. The van der Waals surface area contributed by atoms with Gasteiger partial charge in [-0.05, 0) is 141 Å². The predicted molar refractivity (Wildman–Crippen MR) is 225 cm³/mol. The Kier molecular flexibility index (Phi) is 16.4. The molecule has 1 N–H and O–H groups in total. The second-order valence-corrected chi connectivity index (χ2v) is 17.6. The van der Waals surface area contributed by atoms with Gasteiger partial charge in [-0.1, -0.05) is 0 Å². The monoisotopic (exact) mass is 810 g/mol.